The van der Waals surface area contributed by atoms with Crippen LogP contribution in [0.4, 0.5) is 4.39 Å². The molecule has 3 heteroatoms. The molecule has 2 atom stereocenters. The molecule has 1 fully saturated rings. The van der Waals surface area contributed by atoms with Crippen LogP contribution in [0.3, 0.4) is 0 Å². The summed E-state index contributed by atoms with van der Waals surface area (Å²) >= 11 is 3.50. The van der Waals surface area contributed by atoms with E-state index in [1.54, 1.807) is 0 Å². The average molecular weight is 258 g/mol. The SMILES string of the molecule is CCC1(c2ccc(F)cn2)CC1CBr. The fourth-order valence-electron chi connectivity index (χ4n) is 2.18. The van der Waals surface area contributed by atoms with Gasteiger partial charge in [-0.2, -0.15) is 0 Å². The van der Waals surface area contributed by atoms with Gasteiger partial charge in [-0.15, -0.1) is 0 Å². The summed E-state index contributed by atoms with van der Waals surface area (Å²) in [6, 6.07) is 3.32. The maximum atomic E-state index is 12.7. The Morgan fingerprint density at radius 3 is 2.86 bits per heavy atom. The molecule has 76 valence electrons. The van der Waals surface area contributed by atoms with Gasteiger partial charge in [0.15, 0.2) is 0 Å². The molecule has 0 spiro atoms. The summed E-state index contributed by atoms with van der Waals surface area (Å²) in [5.74, 6) is 0.418. The first-order valence-electron chi connectivity index (χ1n) is 4.91. The lowest BCUT2D eigenvalue weighted by molar-refractivity contribution is 0.577. The highest BCUT2D eigenvalue weighted by Crippen LogP contribution is 2.56. The Hall–Kier alpha value is -0.440. The van der Waals surface area contributed by atoms with Crippen molar-refractivity contribution in [2.24, 2.45) is 5.92 Å². The molecule has 2 rings (SSSR count). The molecule has 0 saturated heterocycles. The Bertz CT molecular complexity index is 325. The second-order valence-electron chi connectivity index (χ2n) is 3.93. The number of halogens is 2. The Balaban J connectivity index is 2.26. The molecule has 1 aliphatic carbocycles. The molecule has 1 nitrogen and oxygen atoms in total. The average Bonchev–Trinajstić information content (AvgIpc) is 2.94. The lowest BCUT2D eigenvalue weighted by Gasteiger charge is -2.13. The van der Waals surface area contributed by atoms with Gasteiger partial charge in [0.1, 0.15) is 5.82 Å². The van der Waals surface area contributed by atoms with Crippen LogP contribution >= 0.6 is 15.9 Å². The molecule has 1 aliphatic rings. The largest absolute Gasteiger partial charge is 0.258 e. The minimum Gasteiger partial charge on any atom is -0.258 e. The van der Waals surface area contributed by atoms with Gasteiger partial charge < -0.3 is 0 Å². The first-order valence-corrected chi connectivity index (χ1v) is 6.03. The number of aromatic nitrogens is 1. The first kappa shape index (κ1) is 10.1. The zero-order valence-electron chi connectivity index (χ0n) is 8.13. The molecular weight excluding hydrogens is 245 g/mol. The van der Waals surface area contributed by atoms with Crippen LogP contribution in [0.2, 0.25) is 0 Å². The molecule has 0 amide bonds. The topological polar surface area (TPSA) is 12.9 Å². The van der Waals surface area contributed by atoms with Crippen molar-refractivity contribution in [1.82, 2.24) is 4.98 Å². The van der Waals surface area contributed by atoms with Crippen molar-refractivity contribution in [2.75, 3.05) is 5.33 Å². The minimum atomic E-state index is -0.254. The number of rotatable bonds is 3. The maximum absolute atomic E-state index is 12.7. The summed E-state index contributed by atoms with van der Waals surface area (Å²) in [4.78, 5) is 4.19. The molecule has 2 unspecified atom stereocenters. The molecule has 1 saturated carbocycles. The van der Waals surface area contributed by atoms with Crippen molar-refractivity contribution in [3.8, 4) is 0 Å². The van der Waals surface area contributed by atoms with E-state index in [4.69, 9.17) is 0 Å². The summed E-state index contributed by atoms with van der Waals surface area (Å²) in [5, 5.41) is 1.01. The Kier molecular flexibility index (Phi) is 2.60. The highest BCUT2D eigenvalue weighted by atomic mass is 79.9. The van der Waals surface area contributed by atoms with Gasteiger partial charge in [-0.05, 0) is 30.9 Å². The molecule has 0 bridgehead atoms. The van der Waals surface area contributed by atoms with Gasteiger partial charge in [0.05, 0.1) is 6.20 Å². The molecule has 0 aromatic carbocycles. The van der Waals surface area contributed by atoms with E-state index in [-0.39, 0.29) is 11.2 Å². The smallest absolute Gasteiger partial charge is 0.141 e. The molecule has 1 aromatic rings. The molecule has 1 heterocycles. The van der Waals surface area contributed by atoms with Crippen LogP contribution in [-0.4, -0.2) is 10.3 Å². The van der Waals surface area contributed by atoms with E-state index >= 15 is 0 Å². The molecule has 0 N–H and O–H groups in total. The second kappa shape index (κ2) is 3.61. The van der Waals surface area contributed by atoms with Crippen LogP contribution in [0, 0.1) is 11.7 Å². The van der Waals surface area contributed by atoms with Gasteiger partial charge in [-0.3, -0.25) is 4.98 Å². The van der Waals surface area contributed by atoms with Gasteiger partial charge in [-0.1, -0.05) is 22.9 Å². The van der Waals surface area contributed by atoms with Gasteiger partial charge >= 0.3 is 0 Å². The fourth-order valence-corrected chi connectivity index (χ4v) is 3.03. The van der Waals surface area contributed by atoms with E-state index < -0.39 is 0 Å². The predicted octanol–water partition coefficient (Wildman–Crippen LogP) is 3.28. The number of hydrogen-bond donors (Lipinski definition) is 0. The number of pyridine rings is 1. The third-order valence-electron chi connectivity index (χ3n) is 3.29. The highest BCUT2D eigenvalue weighted by molar-refractivity contribution is 9.09. The zero-order chi connectivity index (χ0) is 10.2. The van der Waals surface area contributed by atoms with Crippen molar-refractivity contribution in [2.45, 2.75) is 25.2 Å². The summed E-state index contributed by atoms with van der Waals surface area (Å²) in [6.45, 7) is 2.17. The maximum Gasteiger partial charge on any atom is 0.141 e. The van der Waals surface area contributed by atoms with Crippen molar-refractivity contribution in [1.29, 1.82) is 0 Å². The lowest BCUT2D eigenvalue weighted by Crippen LogP contribution is -2.11. The lowest BCUT2D eigenvalue weighted by atomic mass is 9.96. The third kappa shape index (κ3) is 1.48. The fraction of sp³-hybridized carbons (Fsp3) is 0.545. The number of alkyl halides is 1. The van der Waals surface area contributed by atoms with Crippen LogP contribution in [0.1, 0.15) is 25.5 Å². The van der Waals surface area contributed by atoms with Gasteiger partial charge in [0, 0.05) is 16.4 Å². The number of nitrogens with zero attached hydrogens (tertiary/aromatic N) is 1. The van der Waals surface area contributed by atoms with E-state index in [9.17, 15) is 4.39 Å². The van der Waals surface area contributed by atoms with E-state index in [0.29, 0.717) is 5.92 Å². The van der Waals surface area contributed by atoms with Crippen molar-refractivity contribution in [3.63, 3.8) is 0 Å². The highest BCUT2D eigenvalue weighted by Gasteiger charge is 2.53. The van der Waals surface area contributed by atoms with Crippen molar-refractivity contribution < 1.29 is 4.39 Å². The molecule has 0 aliphatic heterocycles. The van der Waals surface area contributed by atoms with Crippen LogP contribution < -0.4 is 0 Å². The second-order valence-corrected chi connectivity index (χ2v) is 4.57. The summed E-state index contributed by atoms with van der Waals surface area (Å²) in [6.07, 6.45) is 3.58. The quantitative estimate of drug-likeness (QED) is 0.758. The monoisotopic (exact) mass is 257 g/mol. The van der Waals surface area contributed by atoms with Gasteiger partial charge in [0.25, 0.3) is 0 Å². The Morgan fingerprint density at radius 1 is 1.64 bits per heavy atom. The summed E-state index contributed by atoms with van der Waals surface area (Å²) < 4.78 is 12.7. The Labute approximate surface area is 91.9 Å². The Morgan fingerprint density at radius 2 is 2.43 bits per heavy atom. The predicted molar refractivity (Wildman–Crippen MR) is 58.1 cm³/mol. The van der Waals surface area contributed by atoms with Crippen LogP contribution in [-0.2, 0) is 5.41 Å². The van der Waals surface area contributed by atoms with Crippen LogP contribution in [0.15, 0.2) is 18.3 Å². The van der Waals surface area contributed by atoms with Crippen LogP contribution in [0.25, 0.3) is 0 Å². The zero-order valence-corrected chi connectivity index (χ0v) is 9.72. The molecule has 0 radical (unpaired) electrons. The van der Waals surface area contributed by atoms with E-state index in [1.807, 2.05) is 6.07 Å². The molecular formula is C11H13BrFN. The van der Waals surface area contributed by atoms with E-state index in [0.717, 1.165) is 17.4 Å². The first-order chi connectivity index (χ1) is 6.73. The van der Waals surface area contributed by atoms with Crippen molar-refractivity contribution in [3.05, 3.63) is 29.8 Å². The van der Waals surface area contributed by atoms with E-state index in [1.165, 1.54) is 18.7 Å². The van der Waals surface area contributed by atoms with Crippen LogP contribution in [0.5, 0.6) is 0 Å². The third-order valence-corrected chi connectivity index (χ3v) is 4.07. The minimum absolute atomic E-state index is 0.219. The summed E-state index contributed by atoms with van der Waals surface area (Å²) in [5.41, 5.74) is 1.27. The molecule has 1 aromatic heterocycles. The summed E-state index contributed by atoms with van der Waals surface area (Å²) in [7, 11) is 0. The number of hydrogen-bond acceptors (Lipinski definition) is 1. The van der Waals surface area contributed by atoms with E-state index in [2.05, 4.69) is 27.8 Å². The van der Waals surface area contributed by atoms with Crippen molar-refractivity contribution >= 4 is 15.9 Å². The standard InChI is InChI=1S/C11H13BrFN/c1-2-11(5-8(11)6-12)10-4-3-9(13)7-14-10/h3-4,7-8H,2,5-6H2,1H3. The molecule has 14 heavy (non-hydrogen) atoms. The van der Waals surface area contributed by atoms with Gasteiger partial charge in [-0.25, -0.2) is 4.39 Å². The van der Waals surface area contributed by atoms with Gasteiger partial charge in [0.2, 0.25) is 0 Å². The normalized spacial score (nSPS) is 30.4.